The van der Waals surface area contributed by atoms with Gasteiger partial charge in [-0.1, -0.05) is 6.07 Å². The zero-order chi connectivity index (χ0) is 10.8. The van der Waals surface area contributed by atoms with Crippen molar-refractivity contribution in [1.82, 2.24) is 4.98 Å². The second kappa shape index (κ2) is 4.16. The standard InChI is InChI=1S/C11H10BrNO2/c12-9-6-7(3-5-14)8-2-1-4-13-10(8)11(9)15/h1-2,4,6,14-15H,3,5H2. The van der Waals surface area contributed by atoms with Crippen molar-refractivity contribution >= 4 is 26.8 Å². The molecule has 0 radical (unpaired) electrons. The molecule has 0 aliphatic carbocycles. The smallest absolute Gasteiger partial charge is 0.156 e. The maximum absolute atomic E-state index is 9.78. The van der Waals surface area contributed by atoms with E-state index in [0.717, 1.165) is 10.9 Å². The minimum Gasteiger partial charge on any atom is -0.505 e. The molecule has 2 aromatic rings. The molecule has 0 saturated heterocycles. The summed E-state index contributed by atoms with van der Waals surface area (Å²) in [4.78, 5) is 4.12. The van der Waals surface area contributed by atoms with E-state index in [-0.39, 0.29) is 12.4 Å². The van der Waals surface area contributed by atoms with Crippen molar-refractivity contribution in [2.45, 2.75) is 6.42 Å². The number of rotatable bonds is 2. The van der Waals surface area contributed by atoms with Crippen LogP contribution in [-0.4, -0.2) is 21.8 Å². The predicted octanol–water partition coefficient (Wildman–Crippen LogP) is 2.24. The van der Waals surface area contributed by atoms with Gasteiger partial charge in [-0.3, -0.25) is 4.98 Å². The first-order valence-electron chi connectivity index (χ1n) is 4.60. The molecule has 0 amide bonds. The van der Waals surface area contributed by atoms with Crippen LogP contribution >= 0.6 is 15.9 Å². The summed E-state index contributed by atoms with van der Waals surface area (Å²) in [6, 6.07) is 5.52. The molecule has 0 aliphatic heterocycles. The van der Waals surface area contributed by atoms with Gasteiger partial charge in [0, 0.05) is 18.2 Å². The molecular formula is C11H10BrNO2. The van der Waals surface area contributed by atoms with Gasteiger partial charge in [-0.15, -0.1) is 0 Å². The maximum atomic E-state index is 9.78. The third kappa shape index (κ3) is 1.82. The molecule has 0 unspecified atom stereocenters. The van der Waals surface area contributed by atoms with Gasteiger partial charge in [-0.25, -0.2) is 0 Å². The molecule has 1 aromatic carbocycles. The average molecular weight is 268 g/mol. The molecule has 15 heavy (non-hydrogen) atoms. The van der Waals surface area contributed by atoms with E-state index in [9.17, 15) is 5.11 Å². The van der Waals surface area contributed by atoms with Crippen LogP contribution in [0.4, 0.5) is 0 Å². The number of aliphatic hydroxyl groups is 1. The van der Waals surface area contributed by atoms with Crippen molar-refractivity contribution in [2.24, 2.45) is 0 Å². The second-order valence-corrected chi connectivity index (χ2v) is 4.09. The average Bonchev–Trinajstić information content (AvgIpc) is 2.26. The Labute approximate surface area is 95.5 Å². The fourth-order valence-corrected chi connectivity index (χ4v) is 2.06. The van der Waals surface area contributed by atoms with Gasteiger partial charge in [0.25, 0.3) is 0 Å². The number of aromatic nitrogens is 1. The Balaban J connectivity index is 2.76. The number of phenols is 1. The number of halogens is 1. The number of aliphatic hydroxyl groups excluding tert-OH is 1. The quantitative estimate of drug-likeness (QED) is 0.878. The number of aromatic hydroxyl groups is 1. The summed E-state index contributed by atoms with van der Waals surface area (Å²) in [5.74, 6) is 0.146. The minimum atomic E-state index is 0.0845. The first-order chi connectivity index (χ1) is 7.24. The Morgan fingerprint density at radius 3 is 2.93 bits per heavy atom. The van der Waals surface area contributed by atoms with Crippen LogP contribution in [0.2, 0.25) is 0 Å². The third-order valence-electron chi connectivity index (χ3n) is 2.29. The lowest BCUT2D eigenvalue weighted by molar-refractivity contribution is 0.300. The van der Waals surface area contributed by atoms with Crippen molar-refractivity contribution in [3.05, 3.63) is 34.4 Å². The van der Waals surface area contributed by atoms with E-state index in [4.69, 9.17) is 5.11 Å². The van der Waals surface area contributed by atoms with Gasteiger partial charge in [-0.05, 0) is 40.0 Å². The molecule has 3 nitrogen and oxygen atoms in total. The summed E-state index contributed by atoms with van der Waals surface area (Å²) >= 11 is 3.27. The van der Waals surface area contributed by atoms with E-state index < -0.39 is 0 Å². The van der Waals surface area contributed by atoms with Gasteiger partial charge >= 0.3 is 0 Å². The Morgan fingerprint density at radius 1 is 1.40 bits per heavy atom. The molecule has 1 aromatic heterocycles. The fourth-order valence-electron chi connectivity index (χ4n) is 1.59. The Kier molecular flexibility index (Phi) is 2.88. The molecule has 1 heterocycles. The molecule has 2 N–H and O–H groups in total. The van der Waals surface area contributed by atoms with Gasteiger partial charge in [0.1, 0.15) is 5.52 Å². The molecule has 0 fully saturated rings. The van der Waals surface area contributed by atoms with Crippen molar-refractivity contribution in [1.29, 1.82) is 0 Å². The highest BCUT2D eigenvalue weighted by molar-refractivity contribution is 9.10. The molecular weight excluding hydrogens is 258 g/mol. The summed E-state index contributed by atoms with van der Waals surface area (Å²) in [6.45, 7) is 0.0845. The number of phenolic OH excluding ortho intramolecular Hbond substituents is 1. The SMILES string of the molecule is OCCc1cc(Br)c(O)c2ncccc12. The highest BCUT2D eigenvalue weighted by Gasteiger charge is 2.09. The normalized spacial score (nSPS) is 10.8. The minimum absolute atomic E-state index is 0.0845. The van der Waals surface area contributed by atoms with Crippen LogP contribution in [0.25, 0.3) is 10.9 Å². The maximum Gasteiger partial charge on any atom is 0.156 e. The molecule has 0 bridgehead atoms. The highest BCUT2D eigenvalue weighted by Crippen LogP contribution is 2.33. The van der Waals surface area contributed by atoms with Crippen molar-refractivity contribution in [2.75, 3.05) is 6.61 Å². The first kappa shape index (κ1) is 10.4. The van der Waals surface area contributed by atoms with Crippen LogP contribution < -0.4 is 0 Å². The number of benzene rings is 1. The molecule has 0 spiro atoms. The number of nitrogens with zero attached hydrogens (tertiary/aromatic N) is 1. The van der Waals surface area contributed by atoms with Crippen LogP contribution in [0.1, 0.15) is 5.56 Å². The monoisotopic (exact) mass is 267 g/mol. The van der Waals surface area contributed by atoms with Crippen molar-refractivity contribution in [3.8, 4) is 5.75 Å². The van der Waals surface area contributed by atoms with Gasteiger partial charge in [0.2, 0.25) is 0 Å². The van der Waals surface area contributed by atoms with Gasteiger partial charge < -0.3 is 10.2 Å². The molecule has 0 saturated carbocycles. The summed E-state index contributed by atoms with van der Waals surface area (Å²) in [5.41, 5.74) is 1.54. The Bertz CT molecular complexity index is 499. The first-order valence-corrected chi connectivity index (χ1v) is 5.39. The van der Waals surface area contributed by atoms with Crippen LogP contribution in [0.3, 0.4) is 0 Å². The number of fused-ring (bicyclic) bond motifs is 1. The van der Waals surface area contributed by atoms with Crippen LogP contribution in [-0.2, 0) is 6.42 Å². The van der Waals surface area contributed by atoms with Gasteiger partial charge in [0.05, 0.1) is 4.47 Å². The number of hydrogen-bond acceptors (Lipinski definition) is 3. The Morgan fingerprint density at radius 2 is 2.20 bits per heavy atom. The van der Waals surface area contributed by atoms with E-state index in [0.29, 0.717) is 16.4 Å². The molecule has 0 aliphatic rings. The number of hydrogen-bond donors (Lipinski definition) is 2. The molecule has 0 atom stereocenters. The van der Waals surface area contributed by atoms with E-state index >= 15 is 0 Å². The zero-order valence-electron chi connectivity index (χ0n) is 7.94. The third-order valence-corrected chi connectivity index (χ3v) is 2.89. The van der Waals surface area contributed by atoms with Crippen molar-refractivity contribution in [3.63, 3.8) is 0 Å². The molecule has 78 valence electrons. The molecule has 2 rings (SSSR count). The lowest BCUT2D eigenvalue weighted by Crippen LogP contribution is -1.93. The largest absolute Gasteiger partial charge is 0.505 e. The van der Waals surface area contributed by atoms with E-state index in [1.165, 1.54) is 0 Å². The number of pyridine rings is 1. The predicted molar refractivity (Wildman–Crippen MR) is 61.9 cm³/mol. The van der Waals surface area contributed by atoms with Crippen LogP contribution in [0, 0.1) is 0 Å². The second-order valence-electron chi connectivity index (χ2n) is 3.24. The molecule has 4 heteroatoms. The topological polar surface area (TPSA) is 53.4 Å². The van der Waals surface area contributed by atoms with E-state index in [2.05, 4.69) is 20.9 Å². The Hall–Kier alpha value is -1.13. The van der Waals surface area contributed by atoms with Crippen LogP contribution in [0.5, 0.6) is 5.75 Å². The summed E-state index contributed by atoms with van der Waals surface area (Å²) in [5, 5.41) is 19.6. The fraction of sp³-hybridized carbons (Fsp3) is 0.182. The zero-order valence-corrected chi connectivity index (χ0v) is 9.53. The highest BCUT2D eigenvalue weighted by atomic mass is 79.9. The van der Waals surface area contributed by atoms with Crippen LogP contribution in [0.15, 0.2) is 28.9 Å². The summed E-state index contributed by atoms with van der Waals surface area (Å²) < 4.78 is 0.608. The lowest BCUT2D eigenvalue weighted by atomic mass is 10.1. The van der Waals surface area contributed by atoms with Gasteiger partial charge in [0.15, 0.2) is 5.75 Å². The van der Waals surface area contributed by atoms with E-state index in [1.807, 2.05) is 18.2 Å². The lowest BCUT2D eigenvalue weighted by Gasteiger charge is -2.07. The van der Waals surface area contributed by atoms with E-state index in [1.54, 1.807) is 6.20 Å². The van der Waals surface area contributed by atoms with Crippen molar-refractivity contribution < 1.29 is 10.2 Å². The van der Waals surface area contributed by atoms with Gasteiger partial charge in [-0.2, -0.15) is 0 Å². The summed E-state index contributed by atoms with van der Waals surface area (Å²) in [6.07, 6.45) is 2.19. The summed E-state index contributed by atoms with van der Waals surface area (Å²) in [7, 11) is 0.